The molecule has 0 aliphatic carbocycles. The first-order valence-corrected chi connectivity index (χ1v) is 14.6. The number of aliphatic imine (C=N–C) groups is 1. The predicted molar refractivity (Wildman–Crippen MR) is 165 cm³/mol. The maximum atomic E-state index is 14.0. The van der Waals surface area contributed by atoms with Gasteiger partial charge >= 0.3 is 0 Å². The minimum Gasteiger partial charge on any atom is -0.508 e. The van der Waals surface area contributed by atoms with Crippen molar-refractivity contribution in [3.63, 3.8) is 0 Å². The third-order valence-electron chi connectivity index (χ3n) is 6.57. The Labute approximate surface area is 242 Å². The van der Waals surface area contributed by atoms with E-state index in [0.29, 0.717) is 34.4 Å². The molecule has 204 valence electrons. The van der Waals surface area contributed by atoms with Gasteiger partial charge in [-0.15, -0.1) is 0 Å². The first kappa shape index (κ1) is 27.6. The van der Waals surface area contributed by atoms with Gasteiger partial charge in [0.25, 0.3) is 5.91 Å². The first-order chi connectivity index (χ1) is 19.3. The maximum absolute atomic E-state index is 14.0. The van der Waals surface area contributed by atoms with Crippen LogP contribution in [0.3, 0.4) is 0 Å². The van der Waals surface area contributed by atoms with Gasteiger partial charge in [-0.3, -0.25) is 14.5 Å². The van der Waals surface area contributed by atoms with Crippen LogP contribution in [0.4, 0.5) is 11.4 Å². The second kappa shape index (κ2) is 11.7. The second-order valence-corrected chi connectivity index (χ2v) is 11.6. The molecule has 0 radical (unpaired) electrons. The van der Waals surface area contributed by atoms with Crippen LogP contribution in [0.2, 0.25) is 0 Å². The van der Waals surface area contributed by atoms with Gasteiger partial charge in [0.1, 0.15) is 10.7 Å². The fraction of sp³-hybridized carbons (Fsp3) is 0.194. The average Bonchev–Trinajstić information content (AvgIpc) is 3.39. The topological polar surface area (TPSA) is 85.2 Å². The standard InChI is InChI=1S/C31H30N4O3S2/c1-5-32-25-15-14-22(19(2)36)17-26(25)33-31-35(18-21-10-7-6-8-11-21)29(38)28(40-31)30-34(4)27(20(3)39-30)23-12-9-13-24(37)16-23/h6-17,32,37H,5,18H2,1-4H3/b30-28-,33-31?. The van der Waals surface area contributed by atoms with Gasteiger partial charge in [-0.05, 0) is 68.4 Å². The number of hydrogen-bond donors (Lipinski definition) is 2. The highest BCUT2D eigenvalue weighted by molar-refractivity contribution is 8.19. The SMILES string of the molecule is CCNc1ccc(C(C)=O)cc1N=C1S/C(=C2\SC(C)=C(c3cccc(O)c3)N2C)C(=O)N1Cc1ccccc1. The van der Waals surface area contributed by atoms with Gasteiger partial charge in [0.2, 0.25) is 0 Å². The number of amides is 1. The maximum Gasteiger partial charge on any atom is 0.269 e. The van der Waals surface area contributed by atoms with Gasteiger partial charge in [-0.25, -0.2) is 4.99 Å². The van der Waals surface area contributed by atoms with Crippen LogP contribution >= 0.6 is 23.5 Å². The summed E-state index contributed by atoms with van der Waals surface area (Å²) in [5.41, 5.74) is 4.78. The second-order valence-electron chi connectivity index (χ2n) is 9.44. The van der Waals surface area contributed by atoms with E-state index < -0.39 is 0 Å². The zero-order chi connectivity index (χ0) is 28.4. The van der Waals surface area contributed by atoms with Crippen molar-refractivity contribution in [3.8, 4) is 5.75 Å². The summed E-state index contributed by atoms with van der Waals surface area (Å²) in [4.78, 5) is 36.5. The lowest BCUT2D eigenvalue weighted by molar-refractivity contribution is -0.122. The summed E-state index contributed by atoms with van der Waals surface area (Å²) >= 11 is 2.88. The third kappa shape index (κ3) is 5.52. The minimum absolute atomic E-state index is 0.0476. The lowest BCUT2D eigenvalue weighted by Crippen LogP contribution is -2.29. The molecular formula is C31H30N4O3S2. The van der Waals surface area contributed by atoms with Crippen LogP contribution in [0.5, 0.6) is 5.75 Å². The van der Waals surface area contributed by atoms with E-state index >= 15 is 0 Å². The fourth-order valence-electron chi connectivity index (χ4n) is 4.66. The first-order valence-electron chi connectivity index (χ1n) is 12.9. The molecule has 40 heavy (non-hydrogen) atoms. The van der Waals surface area contributed by atoms with Gasteiger partial charge in [-0.2, -0.15) is 0 Å². The Hall–Kier alpha value is -3.95. The highest BCUT2D eigenvalue weighted by Crippen LogP contribution is 2.50. The summed E-state index contributed by atoms with van der Waals surface area (Å²) in [7, 11) is 1.94. The number of nitrogens with zero attached hydrogens (tertiary/aromatic N) is 3. The quantitative estimate of drug-likeness (QED) is 0.233. The molecule has 3 aromatic rings. The normalized spacial score (nSPS) is 18.3. The van der Waals surface area contributed by atoms with E-state index in [4.69, 9.17) is 4.99 Å². The summed E-state index contributed by atoms with van der Waals surface area (Å²) in [5.74, 6) is 0.0182. The number of benzene rings is 3. The molecule has 9 heteroatoms. The number of phenolic OH excluding ortho intramolecular Hbond substituents is 1. The zero-order valence-corrected chi connectivity index (χ0v) is 24.4. The Morgan fingerprint density at radius 2 is 1.80 bits per heavy atom. The highest BCUT2D eigenvalue weighted by atomic mass is 32.2. The van der Waals surface area contributed by atoms with Crippen molar-refractivity contribution in [1.82, 2.24) is 9.80 Å². The van der Waals surface area contributed by atoms with E-state index in [1.165, 1.54) is 18.7 Å². The molecule has 7 nitrogen and oxygen atoms in total. The van der Waals surface area contributed by atoms with Crippen molar-refractivity contribution in [3.05, 3.63) is 104 Å². The number of rotatable bonds is 7. The highest BCUT2D eigenvalue weighted by Gasteiger charge is 2.39. The average molecular weight is 571 g/mol. The van der Waals surface area contributed by atoms with Crippen molar-refractivity contribution < 1.29 is 14.7 Å². The van der Waals surface area contributed by atoms with E-state index in [9.17, 15) is 14.7 Å². The monoisotopic (exact) mass is 570 g/mol. The molecular weight excluding hydrogens is 541 g/mol. The number of Topliss-reactive ketones (excluding diaryl/α,β-unsaturated/α-hetero) is 1. The Balaban J connectivity index is 1.59. The molecule has 2 heterocycles. The molecule has 0 saturated carbocycles. The lowest BCUT2D eigenvalue weighted by Gasteiger charge is -2.19. The molecule has 5 rings (SSSR count). The number of carbonyl (C=O) groups excluding carboxylic acids is 2. The largest absolute Gasteiger partial charge is 0.508 e. The molecule has 1 saturated heterocycles. The van der Waals surface area contributed by atoms with Crippen LogP contribution in [0.25, 0.3) is 5.70 Å². The molecule has 0 bridgehead atoms. The molecule has 1 fully saturated rings. The zero-order valence-electron chi connectivity index (χ0n) is 22.8. The summed E-state index contributed by atoms with van der Waals surface area (Å²) in [6.07, 6.45) is 0. The molecule has 2 N–H and O–H groups in total. The molecule has 0 aromatic heterocycles. The molecule has 0 unspecified atom stereocenters. The summed E-state index contributed by atoms with van der Waals surface area (Å²) in [6, 6.07) is 22.4. The number of amidine groups is 1. The van der Waals surface area contributed by atoms with Crippen LogP contribution < -0.4 is 5.32 Å². The van der Waals surface area contributed by atoms with E-state index in [0.717, 1.165) is 32.4 Å². The lowest BCUT2D eigenvalue weighted by atomic mass is 10.1. The van der Waals surface area contributed by atoms with Crippen molar-refractivity contribution in [2.24, 2.45) is 4.99 Å². The smallest absolute Gasteiger partial charge is 0.269 e. The predicted octanol–water partition coefficient (Wildman–Crippen LogP) is 7.03. The Morgan fingerprint density at radius 3 is 2.50 bits per heavy atom. The van der Waals surface area contributed by atoms with Gasteiger partial charge in [0.05, 0.1) is 28.6 Å². The Morgan fingerprint density at radius 1 is 1.02 bits per heavy atom. The van der Waals surface area contributed by atoms with Gasteiger partial charge in [0.15, 0.2) is 11.0 Å². The molecule has 3 aromatic carbocycles. The van der Waals surface area contributed by atoms with Crippen molar-refractivity contribution >= 4 is 57.5 Å². The van der Waals surface area contributed by atoms with Crippen molar-refractivity contribution in [2.45, 2.75) is 27.3 Å². The number of hydrogen-bond acceptors (Lipinski definition) is 8. The number of carbonyl (C=O) groups is 2. The van der Waals surface area contributed by atoms with Crippen LogP contribution in [0.15, 0.2) is 92.6 Å². The number of allylic oxidation sites excluding steroid dienone is 1. The number of ketones is 1. The summed E-state index contributed by atoms with van der Waals surface area (Å²) < 4.78 is 0. The number of aromatic hydroxyl groups is 1. The van der Waals surface area contributed by atoms with Crippen LogP contribution in [0.1, 0.15) is 42.3 Å². The Kier molecular flexibility index (Phi) is 8.04. The van der Waals surface area contributed by atoms with Crippen LogP contribution in [-0.4, -0.2) is 45.4 Å². The minimum atomic E-state index is -0.125. The Bertz CT molecular complexity index is 1580. The van der Waals surface area contributed by atoms with E-state index in [1.807, 2.05) is 74.3 Å². The number of phenols is 1. The van der Waals surface area contributed by atoms with E-state index in [2.05, 4.69) is 5.32 Å². The molecule has 0 spiro atoms. The van der Waals surface area contributed by atoms with Gasteiger partial charge in [0, 0.05) is 29.6 Å². The number of nitrogens with one attached hydrogen (secondary N) is 1. The van der Waals surface area contributed by atoms with Crippen LogP contribution in [-0.2, 0) is 11.3 Å². The third-order valence-corrected chi connectivity index (χ3v) is 8.94. The molecule has 0 atom stereocenters. The van der Waals surface area contributed by atoms with Crippen molar-refractivity contribution in [2.75, 3.05) is 18.9 Å². The van der Waals surface area contributed by atoms with Crippen LogP contribution in [0, 0.1) is 0 Å². The van der Waals surface area contributed by atoms with Crippen molar-refractivity contribution in [1.29, 1.82) is 0 Å². The van der Waals surface area contributed by atoms with E-state index in [-0.39, 0.29) is 17.4 Å². The fourth-order valence-corrected chi connectivity index (χ4v) is 6.96. The summed E-state index contributed by atoms with van der Waals surface area (Å²) in [5, 5.41) is 14.7. The molecule has 2 aliphatic rings. The molecule has 2 aliphatic heterocycles. The van der Waals surface area contributed by atoms with Gasteiger partial charge < -0.3 is 15.3 Å². The summed E-state index contributed by atoms with van der Waals surface area (Å²) in [6.45, 7) is 6.61. The number of thioether (sulfide) groups is 2. The number of anilines is 1. The van der Waals surface area contributed by atoms with Gasteiger partial charge in [-0.1, -0.05) is 54.2 Å². The van der Waals surface area contributed by atoms with E-state index in [1.54, 1.807) is 40.9 Å². The molecule has 1 amide bonds.